The number of hydrogen-bond donors (Lipinski definition) is 1. The molecule has 1 aliphatic heterocycles. The van der Waals surface area contributed by atoms with E-state index in [0.29, 0.717) is 38.3 Å². The first-order valence-corrected chi connectivity index (χ1v) is 12.4. The van der Waals surface area contributed by atoms with Gasteiger partial charge in [-0.15, -0.1) is 0 Å². The second-order valence-corrected chi connectivity index (χ2v) is 9.82. The molecule has 4 aromatic rings. The first-order valence-electron chi connectivity index (χ1n) is 11.2. The highest BCUT2D eigenvalue weighted by atomic mass is 35.5. The fraction of sp³-hybridized carbons (Fsp3) is 0.208. The third kappa shape index (κ3) is 5.38. The maximum atomic E-state index is 13.3. The van der Waals surface area contributed by atoms with E-state index in [0.717, 1.165) is 23.6 Å². The van der Waals surface area contributed by atoms with Crippen molar-refractivity contribution in [2.45, 2.75) is 26.2 Å². The third-order valence-corrected chi connectivity index (χ3v) is 6.92. The summed E-state index contributed by atoms with van der Waals surface area (Å²) >= 11 is 7.25. The Kier molecular flexibility index (Phi) is 6.91. The van der Waals surface area contributed by atoms with Gasteiger partial charge in [0.25, 0.3) is 11.8 Å². The molecule has 1 N–H and O–H groups in total. The van der Waals surface area contributed by atoms with Gasteiger partial charge in [-0.25, -0.2) is 19.9 Å². The molecule has 0 bridgehead atoms. The zero-order valence-corrected chi connectivity index (χ0v) is 21.8. The lowest BCUT2D eigenvalue weighted by molar-refractivity contribution is -0.145. The number of thiazole rings is 1. The third-order valence-electron chi connectivity index (χ3n) is 5.72. The van der Waals surface area contributed by atoms with E-state index in [2.05, 4.69) is 30.2 Å². The number of hydrogen-bond acceptors (Lipinski definition) is 9. The summed E-state index contributed by atoms with van der Waals surface area (Å²) in [6.07, 6.45) is -0.980. The van der Waals surface area contributed by atoms with Crippen molar-refractivity contribution < 1.29 is 27.5 Å². The number of ether oxygens (including phenoxy) is 1. The molecule has 15 heteroatoms. The Morgan fingerprint density at radius 3 is 2.62 bits per heavy atom. The molecule has 5 heterocycles. The molecule has 0 aliphatic carbocycles. The van der Waals surface area contributed by atoms with E-state index < -0.39 is 23.8 Å². The number of nitrogens with zero attached hydrogens (tertiary/aromatic N) is 6. The number of carbonyl (C=O) groups excluding carboxylic acids is 2. The number of carbonyl (C=O) groups is 2. The summed E-state index contributed by atoms with van der Waals surface area (Å²) < 4.78 is 44.2. The van der Waals surface area contributed by atoms with E-state index >= 15 is 0 Å². The number of alkyl halides is 3. The molecule has 0 saturated carbocycles. The van der Waals surface area contributed by atoms with E-state index in [1.807, 2.05) is 0 Å². The molecule has 0 radical (unpaired) electrons. The average molecular weight is 576 g/mol. The van der Waals surface area contributed by atoms with Crippen molar-refractivity contribution >= 4 is 39.9 Å². The van der Waals surface area contributed by atoms with Gasteiger partial charge in [0.1, 0.15) is 16.6 Å². The molecular formula is C24H17ClF3N7O3S. The van der Waals surface area contributed by atoms with Gasteiger partial charge in [-0.1, -0.05) is 22.9 Å². The van der Waals surface area contributed by atoms with Crippen LogP contribution in [0.4, 0.5) is 18.3 Å². The minimum atomic E-state index is -4.77. The van der Waals surface area contributed by atoms with Gasteiger partial charge in [-0.05, 0) is 25.1 Å². The zero-order valence-electron chi connectivity index (χ0n) is 20.2. The van der Waals surface area contributed by atoms with Gasteiger partial charge in [-0.3, -0.25) is 19.9 Å². The summed E-state index contributed by atoms with van der Waals surface area (Å²) in [6, 6.07) is 4.44. The highest BCUT2D eigenvalue weighted by Crippen LogP contribution is 2.36. The quantitative estimate of drug-likeness (QED) is 0.337. The highest BCUT2D eigenvalue weighted by Gasteiger charge is 2.36. The van der Waals surface area contributed by atoms with Crippen LogP contribution in [0.15, 0.2) is 36.8 Å². The highest BCUT2D eigenvalue weighted by molar-refractivity contribution is 7.16. The van der Waals surface area contributed by atoms with E-state index in [1.165, 1.54) is 24.4 Å². The second kappa shape index (κ2) is 10.2. The molecule has 0 atom stereocenters. The van der Waals surface area contributed by atoms with Crippen LogP contribution in [0, 0.1) is 6.92 Å². The fourth-order valence-corrected chi connectivity index (χ4v) is 5.07. The van der Waals surface area contributed by atoms with Crippen molar-refractivity contribution in [1.29, 1.82) is 0 Å². The average Bonchev–Trinajstić information content (AvgIpc) is 3.46. The van der Waals surface area contributed by atoms with Crippen LogP contribution >= 0.6 is 22.9 Å². The molecule has 10 nitrogen and oxygen atoms in total. The Morgan fingerprint density at radius 2 is 1.90 bits per heavy atom. The number of anilines is 1. The van der Waals surface area contributed by atoms with E-state index in [4.69, 9.17) is 16.3 Å². The number of aromatic nitrogens is 5. The molecule has 0 aromatic carbocycles. The number of aryl methyl sites for hydroxylation is 1. The van der Waals surface area contributed by atoms with Gasteiger partial charge in [-0.2, -0.15) is 13.2 Å². The number of rotatable bonds is 5. The van der Waals surface area contributed by atoms with Crippen molar-refractivity contribution in [1.82, 2.24) is 29.8 Å². The standard InChI is InChI=1S/C24H17ClF3N7O3S/c1-11-5-12(13-6-19(25)31-8-17(13)38-2)14(7-30-11)20(36)34-23-33-16-9-35(10-18(16)39-23)21(37)15-3-4-29-22(32-15)24(26,27)28/h3-8H,9-10H2,1-2H3,(H,33,34,36). The number of nitrogens with one attached hydrogen (secondary N) is 1. The monoisotopic (exact) mass is 575 g/mol. The molecule has 0 spiro atoms. The Hall–Kier alpha value is -4.17. The summed E-state index contributed by atoms with van der Waals surface area (Å²) in [4.78, 5) is 47.2. The molecule has 0 unspecified atom stereocenters. The second-order valence-electron chi connectivity index (χ2n) is 8.35. The van der Waals surface area contributed by atoms with Crippen LogP contribution in [-0.4, -0.2) is 48.7 Å². The number of amides is 2. The lowest BCUT2D eigenvalue weighted by atomic mass is 10.0. The van der Waals surface area contributed by atoms with Gasteiger partial charge >= 0.3 is 6.18 Å². The van der Waals surface area contributed by atoms with Crippen LogP contribution in [0.3, 0.4) is 0 Å². The van der Waals surface area contributed by atoms with Crippen LogP contribution in [0.25, 0.3) is 11.1 Å². The predicted octanol–water partition coefficient (Wildman–Crippen LogP) is 4.79. The predicted molar refractivity (Wildman–Crippen MR) is 134 cm³/mol. The molecule has 0 saturated heterocycles. The lowest BCUT2D eigenvalue weighted by Gasteiger charge is -2.15. The minimum Gasteiger partial charge on any atom is -0.494 e. The van der Waals surface area contributed by atoms with Gasteiger partial charge in [0.2, 0.25) is 5.82 Å². The molecule has 1 aliphatic rings. The normalized spacial score (nSPS) is 12.8. The fourth-order valence-electron chi connectivity index (χ4n) is 3.93. The molecule has 0 fully saturated rings. The van der Waals surface area contributed by atoms with Crippen LogP contribution in [-0.2, 0) is 19.3 Å². The van der Waals surface area contributed by atoms with E-state index in [9.17, 15) is 22.8 Å². The van der Waals surface area contributed by atoms with Crippen LogP contribution in [0.5, 0.6) is 5.75 Å². The van der Waals surface area contributed by atoms with Gasteiger partial charge < -0.3 is 9.64 Å². The van der Waals surface area contributed by atoms with Crippen molar-refractivity contribution in [2.75, 3.05) is 12.4 Å². The van der Waals surface area contributed by atoms with Crippen molar-refractivity contribution in [2.24, 2.45) is 0 Å². The zero-order chi connectivity index (χ0) is 27.9. The number of halogens is 4. The Balaban J connectivity index is 1.34. The summed E-state index contributed by atoms with van der Waals surface area (Å²) in [6.45, 7) is 1.94. The smallest absolute Gasteiger partial charge is 0.451 e. The maximum Gasteiger partial charge on any atom is 0.451 e. The lowest BCUT2D eigenvalue weighted by Crippen LogP contribution is -2.27. The Bertz CT molecular complexity index is 1590. The van der Waals surface area contributed by atoms with E-state index in [1.54, 1.807) is 19.1 Å². The Morgan fingerprint density at radius 1 is 1.10 bits per heavy atom. The first kappa shape index (κ1) is 26.4. The van der Waals surface area contributed by atoms with Gasteiger partial charge in [0.15, 0.2) is 5.13 Å². The number of methoxy groups -OCH3 is 1. The summed E-state index contributed by atoms with van der Waals surface area (Å²) in [7, 11) is 1.48. The summed E-state index contributed by atoms with van der Waals surface area (Å²) in [5.41, 5.74) is 2.16. The minimum absolute atomic E-state index is 0.0515. The van der Waals surface area contributed by atoms with Crippen LogP contribution in [0.2, 0.25) is 5.15 Å². The number of pyridine rings is 2. The Labute approximate surface area is 227 Å². The van der Waals surface area contributed by atoms with Crippen molar-refractivity contribution in [3.8, 4) is 16.9 Å². The van der Waals surface area contributed by atoms with Crippen LogP contribution < -0.4 is 10.1 Å². The molecule has 5 rings (SSSR count). The summed E-state index contributed by atoms with van der Waals surface area (Å²) in [5, 5.41) is 3.28. The molecular weight excluding hydrogens is 559 g/mol. The van der Waals surface area contributed by atoms with Crippen LogP contribution in [0.1, 0.15) is 42.9 Å². The SMILES string of the molecule is COc1cnc(Cl)cc1-c1cc(C)ncc1C(=O)Nc1nc2c(s1)CN(C(=O)c1ccnc(C(F)(F)F)n1)C2. The molecule has 39 heavy (non-hydrogen) atoms. The van der Waals surface area contributed by atoms with E-state index in [-0.39, 0.29) is 29.5 Å². The summed E-state index contributed by atoms with van der Waals surface area (Å²) in [5.74, 6) is -2.13. The van der Waals surface area contributed by atoms with Crippen molar-refractivity contribution in [3.05, 3.63) is 75.3 Å². The molecule has 2 amide bonds. The first-order chi connectivity index (χ1) is 18.5. The topological polar surface area (TPSA) is 123 Å². The molecule has 4 aromatic heterocycles. The number of fused-ring (bicyclic) bond motifs is 1. The van der Waals surface area contributed by atoms with Gasteiger partial charge in [0, 0.05) is 29.2 Å². The maximum absolute atomic E-state index is 13.3. The van der Waals surface area contributed by atoms with Crippen molar-refractivity contribution in [3.63, 3.8) is 0 Å². The van der Waals surface area contributed by atoms with Gasteiger partial charge in [0.05, 0.1) is 42.5 Å². The largest absolute Gasteiger partial charge is 0.494 e. The molecule has 200 valence electrons.